The first-order valence-electron chi connectivity index (χ1n) is 6.39. The van der Waals surface area contributed by atoms with E-state index in [1.54, 1.807) is 0 Å². The van der Waals surface area contributed by atoms with Crippen molar-refractivity contribution in [2.45, 2.75) is 44.8 Å². The molecule has 0 radical (unpaired) electrons. The average molecular weight is 227 g/mol. The second-order valence-electron chi connectivity index (χ2n) is 4.48. The Morgan fingerprint density at radius 2 is 2.19 bits per heavy atom. The molecule has 1 rings (SSSR count). The van der Waals surface area contributed by atoms with Gasteiger partial charge in [-0.05, 0) is 32.6 Å². The minimum Gasteiger partial charge on any atom is -0.392 e. The third-order valence-corrected chi connectivity index (χ3v) is 3.11. The molecular formula is C13H25NO2. The molecule has 1 N–H and O–H groups in total. The number of rotatable bonds is 7. The van der Waals surface area contributed by atoms with Crippen molar-refractivity contribution in [3.8, 4) is 0 Å². The van der Waals surface area contributed by atoms with Crippen LogP contribution in [0.1, 0.15) is 32.6 Å². The molecule has 1 aliphatic heterocycles. The minimum atomic E-state index is -0.207. The van der Waals surface area contributed by atoms with Crippen molar-refractivity contribution in [2.75, 3.05) is 26.2 Å². The molecule has 0 aromatic heterocycles. The van der Waals surface area contributed by atoms with Crippen molar-refractivity contribution in [2.24, 2.45) is 0 Å². The third-order valence-electron chi connectivity index (χ3n) is 3.11. The van der Waals surface area contributed by atoms with E-state index in [2.05, 4.69) is 11.5 Å². The van der Waals surface area contributed by atoms with Gasteiger partial charge in [-0.2, -0.15) is 0 Å². The monoisotopic (exact) mass is 227 g/mol. The Bertz CT molecular complexity index is 188. The van der Waals surface area contributed by atoms with Crippen LogP contribution in [-0.2, 0) is 4.74 Å². The molecule has 1 fully saturated rings. The second kappa shape index (κ2) is 7.82. The van der Waals surface area contributed by atoms with Crippen LogP contribution in [0, 0.1) is 0 Å². The number of aliphatic hydroxyl groups excluding tert-OH is 1. The molecule has 0 aromatic rings. The maximum Gasteiger partial charge on any atom is 0.0670 e. The maximum atomic E-state index is 9.78. The third kappa shape index (κ3) is 5.10. The van der Waals surface area contributed by atoms with Crippen LogP contribution in [-0.4, -0.2) is 48.5 Å². The summed E-state index contributed by atoms with van der Waals surface area (Å²) >= 11 is 0. The Hall–Kier alpha value is -0.380. The fraction of sp³-hybridized carbons (Fsp3) is 0.846. The van der Waals surface area contributed by atoms with Crippen LogP contribution in [0.25, 0.3) is 0 Å². The Kier molecular flexibility index (Phi) is 6.69. The summed E-state index contributed by atoms with van der Waals surface area (Å²) in [6, 6.07) is 0. The van der Waals surface area contributed by atoms with Crippen molar-refractivity contribution < 1.29 is 9.84 Å². The van der Waals surface area contributed by atoms with Crippen LogP contribution in [0.15, 0.2) is 12.7 Å². The highest BCUT2D eigenvalue weighted by molar-refractivity contribution is 4.76. The normalized spacial score (nSPS) is 20.9. The first-order chi connectivity index (χ1) is 7.76. The Morgan fingerprint density at radius 1 is 1.50 bits per heavy atom. The van der Waals surface area contributed by atoms with Crippen molar-refractivity contribution in [3.05, 3.63) is 12.7 Å². The molecule has 0 aromatic carbocycles. The van der Waals surface area contributed by atoms with E-state index < -0.39 is 0 Å². The van der Waals surface area contributed by atoms with E-state index >= 15 is 0 Å². The van der Waals surface area contributed by atoms with E-state index in [0.717, 1.165) is 51.9 Å². The summed E-state index contributed by atoms with van der Waals surface area (Å²) in [6.07, 6.45) is 6.02. The molecular weight excluding hydrogens is 202 g/mol. The molecule has 1 heterocycles. The first-order valence-corrected chi connectivity index (χ1v) is 6.39. The van der Waals surface area contributed by atoms with Crippen LogP contribution < -0.4 is 0 Å². The summed E-state index contributed by atoms with van der Waals surface area (Å²) in [5.41, 5.74) is 0. The molecule has 16 heavy (non-hydrogen) atoms. The molecule has 1 saturated heterocycles. The molecule has 0 saturated carbocycles. The molecule has 94 valence electrons. The maximum absolute atomic E-state index is 9.78. The molecule has 0 aliphatic carbocycles. The number of hydrogen-bond acceptors (Lipinski definition) is 3. The summed E-state index contributed by atoms with van der Waals surface area (Å²) in [5, 5.41) is 9.78. The first kappa shape index (κ1) is 13.7. The van der Waals surface area contributed by atoms with Gasteiger partial charge in [0.05, 0.1) is 12.2 Å². The van der Waals surface area contributed by atoms with E-state index in [1.165, 1.54) is 0 Å². The van der Waals surface area contributed by atoms with Gasteiger partial charge in [-0.1, -0.05) is 6.08 Å². The van der Waals surface area contributed by atoms with E-state index in [-0.39, 0.29) is 6.10 Å². The molecule has 3 heteroatoms. The minimum absolute atomic E-state index is 0.207. The smallest absolute Gasteiger partial charge is 0.0670 e. The van der Waals surface area contributed by atoms with Gasteiger partial charge in [0.25, 0.3) is 0 Å². The summed E-state index contributed by atoms with van der Waals surface area (Å²) in [7, 11) is 0. The van der Waals surface area contributed by atoms with E-state index in [0.29, 0.717) is 6.10 Å². The highest BCUT2D eigenvalue weighted by Crippen LogP contribution is 2.14. The largest absolute Gasteiger partial charge is 0.392 e. The van der Waals surface area contributed by atoms with Gasteiger partial charge in [0.2, 0.25) is 0 Å². The number of piperidine rings is 1. The van der Waals surface area contributed by atoms with Gasteiger partial charge in [0.15, 0.2) is 0 Å². The zero-order chi connectivity index (χ0) is 11.8. The average Bonchev–Trinajstić information content (AvgIpc) is 2.29. The zero-order valence-electron chi connectivity index (χ0n) is 10.4. The quantitative estimate of drug-likeness (QED) is 0.673. The van der Waals surface area contributed by atoms with Crippen molar-refractivity contribution >= 4 is 0 Å². The SMILES string of the molecule is C=CCCC(O)CN1CCC(OCC)CC1. The summed E-state index contributed by atoms with van der Waals surface area (Å²) < 4.78 is 5.60. The molecule has 1 unspecified atom stereocenters. The summed E-state index contributed by atoms with van der Waals surface area (Å²) in [4.78, 5) is 2.34. The molecule has 0 amide bonds. The molecule has 3 nitrogen and oxygen atoms in total. The van der Waals surface area contributed by atoms with Crippen LogP contribution in [0.2, 0.25) is 0 Å². The summed E-state index contributed by atoms with van der Waals surface area (Å²) in [5.74, 6) is 0. The van der Waals surface area contributed by atoms with E-state index in [9.17, 15) is 5.11 Å². The molecule has 0 bridgehead atoms. The number of aliphatic hydroxyl groups is 1. The number of likely N-dealkylation sites (tertiary alicyclic amines) is 1. The van der Waals surface area contributed by atoms with Crippen molar-refractivity contribution in [3.63, 3.8) is 0 Å². The van der Waals surface area contributed by atoms with Gasteiger partial charge in [0.1, 0.15) is 0 Å². The lowest BCUT2D eigenvalue weighted by atomic mass is 10.1. The Morgan fingerprint density at radius 3 is 2.75 bits per heavy atom. The fourth-order valence-corrected chi connectivity index (χ4v) is 2.19. The fourth-order valence-electron chi connectivity index (χ4n) is 2.19. The number of hydrogen-bond donors (Lipinski definition) is 1. The lowest BCUT2D eigenvalue weighted by molar-refractivity contribution is 0.00283. The highest BCUT2D eigenvalue weighted by atomic mass is 16.5. The topological polar surface area (TPSA) is 32.7 Å². The van der Waals surface area contributed by atoms with Crippen LogP contribution >= 0.6 is 0 Å². The molecule has 1 aliphatic rings. The van der Waals surface area contributed by atoms with Crippen molar-refractivity contribution in [1.29, 1.82) is 0 Å². The van der Waals surface area contributed by atoms with E-state index in [4.69, 9.17) is 4.74 Å². The zero-order valence-corrected chi connectivity index (χ0v) is 10.4. The molecule has 0 spiro atoms. The number of ether oxygens (including phenoxy) is 1. The van der Waals surface area contributed by atoms with Gasteiger partial charge >= 0.3 is 0 Å². The molecule has 1 atom stereocenters. The van der Waals surface area contributed by atoms with Crippen LogP contribution in [0.5, 0.6) is 0 Å². The number of β-amino-alcohol motifs (C(OH)–C–C–N with tert-alkyl or cyclic N) is 1. The second-order valence-corrected chi connectivity index (χ2v) is 4.48. The predicted octanol–water partition coefficient (Wildman–Crippen LogP) is 1.81. The van der Waals surface area contributed by atoms with Gasteiger partial charge in [-0.3, -0.25) is 0 Å². The number of allylic oxidation sites excluding steroid dienone is 1. The van der Waals surface area contributed by atoms with Crippen LogP contribution in [0.4, 0.5) is 0 Å². The van der Waals surface area contributed by atoms with Crippen LogP contribution in [0.3, 0.4) is 0 Å². The Labute approximate surface area is 99.1 Å². The van der Waals surface area contributed by atoms with Gasteiger partial charge in [-0.15, -0.1) is 6.58 Å². The number of nitrogens with zero attached hydrogens (tertiary/aromatic N) is 1. The van der Waals surface area contributed by atoms with E-state index in [1.807, 2.05) is 13.0 Å². The lowest BCUT2D eigenvalue weighted by Gasteiger charge is -2.32. The van der Waals surface area contributed by atoms with Gasteiger partial charge < -0.3 is 14.7 Å². The predicted molar refractivity (Wildman–Crippen MR) is 66.5 cm³/mol. The standard InChI is InChI=1S/C13H25NO2/c1-3-5-6-12(15)11-14-9-7-13(8-10-14)16-4-2/h3,12-13,15H,1,4-11H2,2H3. The highest BCUT2D eigenvalue weighted by Gasteiger charge is 2.20. The van der Waals surface area contributed by atoms with Gasteiger partial charge in [-0.25, -0.2) is 0 Å². The van der Waals surface area contributed by atoms with Gasteiger partial charge in [0, 0.05) is 26.2 Å². The Balaban J connectivity index is 2.13. The lowest BCUT2D eigenvalue weighted by Crippen LogP contribution is -2.41. The van der Waals surface area contributed by atoms with Crippen molar-refractivity contribution in [1.82, 2.24) is 4.90 Å². The summed E-state index contributed by atoms with van der Waals surface area (Å²) in [6.45, 7) is 9.43.